The van der Waals surface area contributed by atoms with E-state index < -0.39 is 0 Å². The first-order valence-electron chi connectivity index (χ1n) is 4.76. The number of hydrogen-bond donors (Lipinski definition) is 1. The molecular formula is C12H9NO2. The summed E-state index contributed by atoms with van der Waals surface area (Å²) in [6, 6.07) is 7.10. The van der Waals surface area contributed by atoms with Crippen molar-refractivity contribution < 1.29 is 4.42 Å². The van der Waals surface area contributed by atoms with Crippen LogP contribution in [0.2, 0.25) is 0 Å². The van der Waals surface area contributed by atoms with Crippen LogP contribution in [0.25, 0.3) is 21.9 Å². The van der Waals surface area contributed by atoms with Crippen molar-refractivity contribution in [2.75, 3.05) is 0 Å². The van der Waals surface area contributed by atoms with Gasteiger partial charge >= 0.3 is 5.63 Å². The van der Waals surface area contributed by atoms with E-state index in [1.807, 2.05) is 25.3 Å². The van der Waals surface area contributed by atoms with Crippen LogP contribution < -0.4 is 5.63 Å². The number of benzene rings is 1. The zero-order valence-electron chi connectivity index (χ0n) is 8.20. The molecule has 3 nitrogen and oxygen atoms in total. The van der Waals surface area contributed by atoms with E-state index in [-0.39, 0.29) is 5.63 Å². The lowest BCUT2D eigenvalue weighted by Gasteiger charge is -1.96. The second kappa shape index (κ2) is 2.73. The van der Waals surface area contributed by atoms with E-state index in [9.17, 15) is 4.79 Å². The summed E-state index contributed by atoms with van der Waals surface area (Å²) in [7, 11) is 0. The van der Waals surface area contributed by atoms with Crippen molar-refractivity contribution in [3.05, 3.63) is 46.4 Å². The Morgan fingerprint density at radius 3 is 3.00 bits per heavy atom. The number of fused-ring (bicyclic) bond motifs is 2. The number of aryl methyl sites for hydroxylation is 1. The average molecular weight is 199 g/mol. The van der Waals surface area contributed by atoms with Gasteiger partial charge in [-0.15, -0.1) is 0 Å². The molecule has 1 aromatic carbocycles. The molecule has 1 N–H and O–H groups in total. The molecule has 0 aliphatic rings. The predicted octanol–water partition coefficient (Wildman–Crippen LogP) is 2.58. The molecule has 15 heavy (non-hydrogen) atoms. The average Bonchev–Trinajstić information content (AvgIpc) is 2.57. The van der Waals surface area contributed by atoms with Crippen LogP contribution in [0.3, 0.4) is 0 Å². The third-order valence-corrected chi connectivity index (χ3v) is 2.63. The number of nitrogens with one attached hydrogen (secondary N) is 1. The quantitative estimate of drug-likeness (QED) is 0.565. The molecule has 0 amide bonds. The number of aromatic amines is 1. The van der Waals surface area contributed by atoms with Crippen molar-refractivity contribution in [3.63, 3.8) is 0 Å². The lowest BCUT2D eigenvalue weighted by Crippen LogP contribution is -1.93. The van der Waals surface area contributed by atoms with Crippen LogP contribution >= 0.6 is 0 Å². The Morgan fingerprint density at radius 1 is 1.27 bits per heavy atom. The molecular weight excluding hydrogens is 190 g/mol. The summed E-state index contributed by atoms with van der Waals surface area (Å²) in [5, 5.41) is 2.03. The molecule has 0 saturated carbocycles. The standard InChI is InChI=1S/C12H9NO2/c1-7-6-13-10-4-8-2-3-12(14)15-11(8)5-9(7)10/h2-6,13H,1H3. The fraction of sp³-hybridized carbons (Fsp3) is 0.0833. The van der Waals surface area contributed by atoms with Gasteiger partial charge in [0.15, 0.2) is 0 Å². The van der Waals surface area contributed by atoms with Crippen LogP contribution in [-0.2, 0) is 0 Å². The van der Waals surface area contributed by atoms with Gasteiger partial charge in [-0.1, -0.05) is 0 Å². The fourth-order valence-electron chi connectivity index (χ4n) is 1.82. The number of hydrogen-bond acceptors (Lipinski definition) is 2. The third kappa shape index (κ3) is 1.16. The Hall–Kier alpha value is -2.03. The van der Waals surface area contributed by atoms with Crippen molar-refractivity contribution in [2.24, 2.45) is 0 Å². The van der Waals surface area contributed by atoms with Crippen molar-refractivity contribution in [1.29, 1.82) is 0 Å². The van der Waals surface area contributed by atoms with E-state index in [1.54, 1.807) is 6.07 Å². The predicted molar refractivity (Wildman–Crippen MR) is 59.1 cm³/mol. The molecule has 0 saturated heterocycles. The van der Waals surface area contributed by atoms with Gasteiger partial charge in [-0.2, -0.15) is 0 Å². The molecule has 3 heteroatoms. The van der Waals surface area contributed by atoms with Gasteiger partial charge in [0.2, 0.25) is 0 Å². The summed E-state index contributed by atoms with van der Waals surface area (Å²) in [5.74, 6) is 0. The highest BCUT2D eigenvalue weighted by molar-refractivity contribution is 5.95. The molecule has 0 aliphatic carbocycles. The lowest BCUT2D eigenvalue weighted by molar-refractivity contribution is 0.561. The first-order valence-corrected chi connectivity index (χ1v) is 4.76. The maximum atomic E-state index is 11.1. The van der Waals surface area contributed by atoms with Crippen LogP contribution in [-0.4, -0.2) is 4.98 Å². The zero-order valence-corrected chi connectivity index (χ0v) is 8.20. The topological polar surface area (TPSA) is 46.0 Å². The first kappa shape index (κ1) is 8.29. The van der Waals surface area contributed by atoms with Crippen molar-refractivity contribution in [2.45, 2.75) is 6.92 Å². The number of H-pyrrole nitrogens is 1. The van der Waals surface area contributed by atoms with Gasteiger partial charge in [0.1, 0.15) is 5.58 Å². The van der Waals surface area contributed by atoms with Crippen LogP contribution in [0.5, 0.6) is 0 Å². The van der Waals surface area contributed by atoms with Crippen molar-refractivity contribution in [3.8, 4) is 0 Å². The molecule has 3 aromatic rings. The highest BCUT2D eigenvalue weighted by Crippen LogP contribution is 2.23. The molecule has 0 bridgehead atoms. The zero-order chi connectivity index (χ0) is 10.4. The first-order chi connectivity index (χ1) is 7.24. The minimum absolute atomic E-state index is 0.310. The SMILES string of the molecule is Cc1c[nH]c2cc3ccc(=O)oc3cc12. The van der Waals surface area contributed by atoms with Gasteiger partial charge < -0.3 is 9.40 Å². The molecule has 0 unspecified atom stereocenters. The largest absolute Gasteiger partial charge is 0.423 e. The summed E-state index contributed by atoms with van der Waals surface area (Å²) in [4.78, 5) is 14.2. The van der Waals surface area contributed by atoms with Gasteiger partial charge in [0.25, 0.3) is 0 Å². The summed E-state index contributed by atoms with van der Waals surface area (Å²) >= 11 is 0. The Bertz CT molecular complexity index is 706. The molecule has 2 aromatic heterocycles. The normalized spacial score (nSPS) is 11.3. The maximum Gasteiger partial charge on any atom is 0.336 e. The summed E-state index contributed by atoms with van der Waals surface area (Å²) < 4.78 is 5.12. The monoisotopic (exact) mass is 199 g/mol. The molecule has 74 valence electrons. The van der Waals surface area contributed by atoms with Crippen LogP contribution in [0.4, 0.5) is 0 Å². The fourth-order valence-corrected chi connectivity index (χ4v) is 1.82. The number of aromatic nitrogens is 1. The highest BCUT2D eigenvalue weighted by atomic mass is 16.4. The number of rotatable bonds is 0. The van der Waals surface area contributed by atoms with Crippen LogP contribution in [0, 0.1) is 6.92 Å². The third-order valence-electron chi connectivity index (χ3n) is 2.63. The Morgan fingerprint density at radius 2 is 2.13 bits per heavy atom. The highest BCUT2D eigenvalue weighted by Gasteiger charge is 2.03. The second-order valence-corrected chi connectivity index (χ2v) is 3.66. The van der Waals surface area contributed by atoms with Gasteiger partial charge in [-0.3, -0.25) is 0 Å². The Labute approximate surface area is 85.3 Å². The van der Waals surface area contributed by atoms with Crippen molar-refractivity contribution >= 4 is 21.9 Å². The summed E-state index contributed by atoms with van der Waals surface area (Å²) in [6.07, 6.45) is 1.95. The second-order valence-electron chi connectivity index (χ2n) is 3.66. The molecule has 2 heterocycles. The smallest absolute Gasteiger partial charge is 0.336 e. The Balaban J connectivity index is 2.55. The van der Waals surface area contributed by atoms with Crippen LogP contribution in [0.1, 0.15) is 5.56 Å². The maximum absolute atomic E-state index is 11.1. The van der Waals surface area contributed by atoms with E-state index in [2.05, 4.69) is 4.98 Å². The lowest BCUT2D eigenvalue weighted by atomic mass is 10.1. The summed E-state index contributed by atoms with van der Waals surface area (Å²) in [5.41, 5.74) is 2.54. The molecule has 0 spiro atoms. The van der Waals surface area contributed by atoms with E-state index in [0.717, 1.165) is 21.9 Å². The molecule has 0 radical (unpaired) electrons. The summed E-state index contributed by atoms with van der Waals surface area (Å²) in [6.45, 7) is 2.02. The molecule has 0 aliphatic heterocycles. The van der Waals surface area contributed by atoms with Crippen molar-refractivity contribution in [1.82, 2.24) is 4.98 Å². The van der Waals surface area contributed by atoms with E-state index in [4.69, 9.17) is 4.42 Å². The van der Waals surface area contributed by atoms with Gasteiger partial charge in [-0.05, 0) is 30.7 Å². The van der Waals surface area contributed by atoms with Gasteiger partial charge in [-0.25, -0.2) is 4.79 Å². The molecule has 0 atom stereocenters. The van der Waals surface area contributed by atoms with Gasteiger partial charge in [0.05, 0.1) is 0 Å². The molecule has 0 fully saturated rings. The Kier molecular flexibility index (Phi) is 1.51. The van der Waals surface area contributed by atoms with E-state index in [0.29, 0.717) is 5.58 Å². The minimum Gasteiger partial charge on any atom is -0.423 e. The van der Waals surface area contributed by atoms with E-state index >= 15 is 0 Å². The van der Waals surface area contributed by atoms with Gasteiger partial charge in [0, 0.05) is 28.6 Å². The van der Waals surface area contributed by atoms with Crippen LogP contribution in [0.15, 0.2) is 39.7 Å². The molecule has 3 rings (SSSR count). The van der Waals surface area contributed by atoms with E-state index in [1.165, 1.54) is 6.07 Å². The minimum atomic E-state index is -0.310.